The molecule has 0 saturated carbocycles. The first-order valence-electron chi connectivity index (χ1n) is 6.94. The molecule has 0 amide bonds. The molecule has 1 radical (unpaired) electrons. The first kappa shape index (κ1) is 17.6. The lowest BCUT2D eigenvalue weighted by atomic mass is 9.73. The smallest absolute Gasteiger partial charge is 0.431 e. The standard InChI is InChI=1S/C14H15BF3O5/c1-15-12-6-10(19)11(23-12)7-21-13(20)22-9-4-2-3-8(5-9)14(16,17)18/h2-5,10-12,19H,6-7H2,1H3/t10-,11-,12-/m1/s1. The van der Waals surface area contributed by atoms with Crippen molar-refractivity contribution in [3.8, 4) is 5.75 Å². The van der Waals surface area contributed by atoms with Gasteiger partial charge in [-0.15, -0.1) is 0 Å². The molecule has 1 aromatic carbocycles. The van der Waals surface area contributed by atoms with Crippen LogP contribution in [0.5, 0.6) is 5.75 Å². The normalized spacial score (nSPS) is 24.3. The topological polar surface area (TPSA) is 65.0 Å². The molecular weight excluding hydrogens is 316 g/mol. The summed E-state index contributed by atoms with van der Waals surface area (Å²) < 4.78 is 52.5. The number of rotatable bonds is 4. The highest BCUT2D eigenvalue weighted by atomic mass is 19.4. The Hall–Kier alpha value is -1.74. The van der Waals surface area contributed by atoms with Gasteiger partial charge < -0.3 is 19.3 Å². The van der Waals surface area contributed by atoms with Gasteiger partial charge in [0.25, 0.3) is 0 Å². The van der Waals surface area contributed by atoms with Gasteiger partial charge in [0.2, 0.25) is 0 Å². The third-order valence-electron chi connectivity index (χ3n) is 3.35. The molecule has 0 unspecified atom stereocenters. The van der Waals surface area contributed by atoms with Gasteiger partial charge in [-0.1, -0.05) is 12.9 Å². The van der Waals surface area contributed by atoms with E-state index in [2.05, 4.69) is 0 Å². The van der Waals surface area contributed by atoms with E-state index in [0.29, 0.717) is 12.5 Å². The number of alkyl halides is 3. The number of ether oxygens (including phenoxy) is 3. The molecular formula is C14H15BF3O5. The number of carbonyl (C=O) groups is 1. The number of halogens is 3. The minimum Gasteiger partial charge on any atom is -0.431 e. The molecule has 1 saturated heterocycles. The van der Waals surface area contributed by atoms with Gasteiger partial charge in [-0.05, 0) is 24.6 Å². The summed E-state index contributed by atoms with van der Waals surface area (Å²) in [6.45, 7) is 1.53. The Kier molecular flexibility index (Phi) is 5.53. The second-order valence-corrected chi connectivity index (χ2v) is 5.04. The largest absolute Gasteiger partial charge is 0.513 e. The van der Waals surface area contributed by atoms with E-state index >= 15 is 0 Å². The second-order valence-electron chi connectivity index (χ2n) is 5.04. The Morgan fingerprint density at radius 1 is 1.48 bits per heavy atom. The summed E-state index contributed by atoms with van der Waals surface area (Å²) in [5.74, 6) is -0.280. The molecule has 0 aliphatic carbocycles. The average Bonchev–Trinajstić information content (AvgIpc) is 2.85. The van der Waals surface area contributed by atoms with Crippen molar-refractivity contribution in [2.45, 2.75) is 37.6 Å². The fourth-order valence-electron chi connectivity index (χ4n) is 2.14. The van der Waals surface area contributed by atoms with Crippen molar-refractivity contribution in [2.75, 3.05) is 6.61 Å². The van der Waals surface area contributed by atoms with E-state index in [1.165, 1.54) is 6.07 Å². The Bertz CT molecular complexity index is 551. The number of hydrogen-bond donors (Lipinski definition) is 1. The third-order valence-corrected chi connectivity index (χ3v) is 3.35. The maximum Gasteiger partial charge on any atom is 0.513 e. The number of aliphatic hydroxyl groups is 1. The van der Waals surface area contributed by atoms with Crippen LogP contribution in [-0.4, -0.2) is 43.4 Å². The lowest BCUT2D eigenvalue weighted by molar-refractivity contribution is -0.137. The van der Waals surface area contributed by atoms with Gasteiger partial charge in [0.15, 0.2) is 0 Å². The lowest BCUT2D eigenvalue weighted by Crippen LogP contribution is -2.29. The summed E-state index contributed by atoms with van der Waals surface area (Å²) in [5.41, 5.74) is -0.932. The predicted octanol–water partition coefficient (Wildman–Crippen LogP) is 2.45. The Morgan fingerprint density at radius 3 is 2.83 bits per heavy atom. The summed E-state index contributed by atoms with van der Waals surface area (Å²) in [6, 6.07) is 3.67. The molecule has 125 valence electrons. The Balaban J connectivity index is 1.86. The van der Waals surface area contributed by atoms with E-state index in [-0.39, 0.29) is 18.4 Å². The van der Waals surface area contributed by atoms with E-state index in [1.807, 2.05) is 0 Å². The molecule has 1 N–H and O–H groups in total. The lowest BCUT2D eigenvalue weighted by Gasteiger charge is -2.15. The Labute approximate surface area is 131 Å². The van der Waals surface area contributed by atoms with Gasteiger partial charge in [0.1, 0.15) is 25.7 Å². The van der Waals surface area contributed by atoms with Crippen LogP contribution in [0.2, 0.25) is 6.82 Å². The highest BCUT2D eigenvalue weighted by Gasteiger charge is 2.34. The third kappa shape index (κ3) is 4.87. The molecule has 5 nitrogen and oxygen atoms in total. The van der Waals surface area contributed by atoms with Crippen LogP contribution in [0.25, 0.3) is 0 Å². The molecule has 0 spiro atoms. The molecule has 9 heteroatoms. The molecule has 0 bridgehead atoms. The van der Waals surface area contributed by atoms with Crippen molar-refractivity contribution >= 4 is 13.4 Å². The molecule has 2 rings (SSSR count). The van der Waals surface area contributed by atoms with Crippen molar-refractivity contribution in [3.63, 3.8) is 0 Å². The maximum atomic E-state index is 12.6. The Morgan fingerprint density at radius 2 is 2.22 bits per heavy atom. The first-order valence-corrected chi connectivity index (χ1v) is 6.94. The molecule has 1 aromatic rings. The van der Waals surface area contributed by atoms with E-state index in [0.717, 1.165) is 12.1 Å². The van der Waals surface area contributed by atoms with Crippen LogP contribution in [0, 0.1) is 0 Å². The van der Waals surface area contributed by atoms with Crippen LogP contribution in [0.1, 0.15) is 12.0 Å². The highest BCUT2D eigenvalue weighted by molar-refractivity contribution is 6.35. The van der Waals surface area contributed by atoms with Crippen LogP contribution in [0.15, 0.2) is 24.3 Å². The summed E-state index contributed by atoms with van der Waals surface area (Å²) in [7, 11) is 1.77. The van der Waals surface area contributed by atoms with Crippen LogP contribution in [0.4, 0.5) is 18.0 Å². The van der Waals surface area contributed by atoms with Crippen molar-refractivity contribution in [3.05, 3.63) is 29.8 Å². The van der Waals surface area contributed by atoms with Crippen LogP contribution < -0.4 is 4.74 Å². The zero-order valence-corrected chi connectivity index (χ0v) is 12.2. The minimum atomic E-state index is -4.53. The maximum absolute atomic E-state index is 12.6. The fourth-order valence-corrected chi connectivity index (χ4v) is 2.14. The first-order chi connectivity index (χ1) is 10.8. The number of benzene rings is 1. The van der Waals surface area contributed by atoms with E-state index in [1.54, 1.807) is 14.1 Å². The van der Waals surface area contributed by atoms with E-state index in [4.69, 9.17) is 14.2 Å². The zero-order chi connectivity index (χ0) is 17.0. The zero-order valence-electron chi connectivity index (χ0n) is 12.2. The summed E-state index contributed by atoms with van der Waals surface area (Å²) in [4.78, 5) is 11.5. The van der Waals surface area contributed by atoms with Gasteiger partial charge in [0, 0.05) is 6.00 Å². The number of carbonyl (C=O) groups excluding carboxylic acids is 1. The van der Waals surface area contributed by atoms with Gasteiger partial charge in [-0.25, -0.2) is 4.79 Å². The summed E-state index contributed by atoms with van der Waals surface area (Å²) in [6.07, 6.45) is -6.77. The molecule has 1 fully saturated rings. The number of aliphatic hydroxyl groups excluding tert-OH is 1. The van der Waals surface area contributed by atoms with Crippen LogP contribution in [-0.2, 0) is 15.7 Å². The van der Waals surface area contributed by atoms with Crippen molar-refractivity contribution in [1.82, 2.24) is 0 Å². The number of hydrogen-bond acceptors (Lipinski definition) is 5. The van der Waals surface area contributed by atoms with Crippen LogP contribution >= 0.6 is 0 Å². The van der Waals surface area contributed by atoms with Crippen LogP contribution in [0.3, 0.4) is 0 Å². The van der Waals surface area contributed by atoms with E-state index in [9.17, 15) is 23.1 Å². The van der Waals surface area contributed by atoms with Crippen molar-refractivity contribution < 1.29 is 37.3 Å². The van der Waals surface area contributed by atoms with Gasteiger partial charge in [-0.3, -0.25) is 0 Å². The molecule has 1 aliphatic rings. The monoisotopic (exact) mass is 331 g/mol. The predicted molar refractivity (Wildman–Crippen MR) is 74.3 cm³/mol. The van der Waals surface area contributed by atoms with Gasteiger partial charge in [-0.2, -0.15) is 13.2 Å². The fraction of sp³-hybridized carbons (Fsp3) is 0.500. The summed E-state index contributed by atoms with van der Waals surface area (Å²) >= 11 is 0. The molecule has 3 atom stereocenters. The molecule has 1 aliphatic heterocycles. The second kappa shape index (κ2) is 7.22. The molecule has 23 heavy (non-hydrogen) atoms. The van der Waals surface area contributed by atoms with Gasteiger partial charge >= 0.3 is 12.3 Å². The quantitative estimate of drug-likeness (QED) is 0.522. The SMILES string of the molecule is C[B][C@H]1C[C@@H](O)[C@@H](COC(=O)Oc2cccc(C(F)(F)F)c2)O1. The average molecular weight is 331 g/mol. The van der Waals surface area contributed by atoms with Crippen molar-refractivity contribution in [2.24, 2.45) is 0 Å². The van der Waals surface area contributed by atoms with Crippen molar-refractivity contribution in [1.29, 1.82) is 0 Å². The molecule has 1 heterocycles. The highest BCUT2D eigenvalue weighted by Crippen LogP contribution is 2.31. The molecule has 0 aromatic heterocycles. The summed E-state index contributed by atoms with van der Waals surface area (Å²) in [5, 5.41) is 9.72. The van der Waals surface area contributed by atoms with E-state index < -0.39 is 30.1 Å². The van der Waals surface area contributed by atoms with Gasteiger partial charge in [0.05, 0.1) is 11.7 Å². The minimum absolute atomic E-state index is 0.224.